The summed E-state index contributed by atoms with van der Waals surface area (Å²) < 4.78 is 51.1. The monoisotopic (exact) mass is 509 g/mol. The number of halogens is 3. The average Bonchev–Trinajstić information content (AvgIpc) is 3.48. The van der Waals surface area contributed by atoms with E-state index in [0.29, 0.717) is 5.52 Å². The van der Waals surface area contributed by atoms with Gasteiger partial charge in [-0.05, 0) is 29.8 Å². The van der Waals surface area contributed by atoms with Gasteiger partial charge in [-0.15, -0.1) is 0 Å². The van der Waals surface area contributed by atoms with Gasteiger partial charge in [-0.3, -0.25) is 0 Å². The van der Waals surface area contributed by atoms with E-state index < -0.39 is 48.6 Å². The molecular weight excluding hydrogens is 492 g/mol. The Morgan fingerprint density at radius 2 is 1.94 bits per heavy atom. The van der Waals surface area contributed by atoms with Crippen LogP contribution in [0.5, 0.6) is 11.9 Å². The van der Waals surface area contributed by atoms with Crippen LogP contribution in [0.1, 0.15) is 11.1 Å². The van der Waals surface area contributed by atoms with Gasteiger partial charge in [0.25, 0.3) is 6.01 Å². The zero-order valence-electron chi connectivity index (χ0n) is 17.8. The molecule has 0 aliphatic carbocycles. The third kappa shape index (κ3) is 4.78. The van der Waals surface area contributed by atoms with Crippen LogP contribution in [0.4, 0.5) is 8.78 Å². The van der Waals surface area contributed by atoms with Gasteiger partial charge >= 0.3 is 5.97 Å². The minimum atomic E-state index is -1.24. The highest BCUT2D eigenvalue weighted by molar-refractivity contribution is 6.32. The molecule has 184 valence electrons. The number of rotatable bonds is 7. The number of H-pyrrole nitrogens is 1. The Balaban J connectivity index is 1.30. The number of carbonyl (C=O) groups is 1. The van der Waals surface area contributed by atoms with Gasteiger partial charge in [-0.25, -0.2) is 13.6 Å². The summed E-state index contributed by atoms with van der Waals surface area (Å²) in [5.41, 5.74) is 0.296. The highest BCUT2D eigenvalue weighted by Gasteiger charge is 2.48. The first-order valence-corrected chi connectivity index (χ1v) is 10.8. The SMILES string of the molecule is O=C(O)/C=C/c1cc(F)c(COc2nc3nc(O[C@@H]4CO[C@H]5C4OC[C@H]5O)[nH]c3cc2Cl)c(F)c1. The number of aromatic amines is 1. The number of aromatic nitrogens is 3. The molecule has 1 aromatic carbocycles. The fourth-order valence-corrected chi connectivity index (χ4v) is 4.10. The topological polar surface area (TPSA) is 136 Å². The number of imidazole rings is 1. The number of nitrogens with zero attached hydrogens (tertiary/aromatic N) is 2. The van der Waals surface area contributed by atoms with Gasteiger partial charge in [-0.1, -0.05) is 11.6 Å². The minimum absolute atomic E-state index is 0.0456. The van der Waals surface area contributed by atoms with E-state index in [-0.39, 0.29) is 46.9 Å². The molecule has 1 unspecified atom stereocenters. The normalized spacial score (nSPS) is 23.8. The number of pyridine rings is 1. The standard InChI is InChI=1S/C22H18ClF2N3O7/c23-11-5-14-20(28-22(26-14)35-16-8-33-18-15(29)7-32-19(16)18)27-21(11)34-6-10-12(24)3-9(4-13(10)25)1-2-17(30)31/h1-5,15-16,18-19,29H,6-8H2,(H,30,31)(H,26,27,28)/b2-1+/t15-,16-,18-,19?/m1/s1. The van der Waals surface area contributed by atoms with Gasteiger partial charge < -0.3 is 34.1 Å². The number of aliphatic hydroxyl groups excluding tert-OH is 1. The second-order valence-corrected chi connectivity index (χ2v) is 8.34. The molecular formula is C22H18ClF2N3O7. The third-order valence-electron chi connectivity index (χ3n) is 5.55. The number of carboxylic acids is 1. The number of nitrogens with one attached hydrogen (secondary N) is 1. The Hall–Kier alpha value is -3.32. The molecule has 4 atom stereocenters. The number of aliphatic carboxylic acids is 1. The Labute approximate surface area is 201 Å². The van der Waals surface area contributed by atoms with Crippen LogP contribution >= 0.6 is 11.6 Å². The molecule has 2 fully saturated rings. The number of hydrogen-bond acceptors (Lipinski definition) is 8. The molecule has 2 aliphatic rings. The Kier molecular flexibility index (Phi) is 6.28. The van der Waals surface area contributed by atoms with Crippen LogP contribution < -0.4 is 9.47 Å². The van der Waals surface area contributed by atoms with E-state index in [1.165, 1.54) is 6.07 Å². The maximum atomic E-state index is 14.4. The smallest absolute Gasteiger partial charge is 0.328 e. The van der Waals surface area contributed by atoms with Gasteiger partial charge in [0.15, 0.2) is 11.8 Å². The van der Waals surface area contributed by atoms with E-state index in [2.05, 4.69) is 15.0 Å². The highest BCUT2D eigenvalue weighted by atomic mass is 35.5. The first-order valence-electron chi connectivity index (χ1n) is 10.4. The fourth-order valence-electron chi connectivity index (χ4n) is 3.89. The maximum Gasteiger partial charge on any atom is 0.328 e. The fraction of sp³-hybridized carbons (Fsp3) is 0.318. The maximum absolute atomic E-state index is 14.4. The zero-order chi connectivity index (χ0) is 24.7. The van der Waals surface area contributed by atoms with Gasteiger partial charge in [0.05, 0.1) is 24.3 Å². The van der Waals surface area contributed by atoms with Crippen LogP contribution in [-0.4, -0.2) is 68.8 Å². The third-order valence-corrected chi connectivity index (χ3v) is 5.82. The number of ether oxygens (including phenoxy) is 4. The molecule has 10 nitrogen and oxygen atoms in total. The van der Waals surface area contributed by atoms with Crippen LogP contribution in [0.15, 0.2) is 24.3 Å². The van der Waals surface area contributed by atoms with Crippen LogP contribution in [-0.2, 0) is 20.9 Å². The summed E-state index contributed by atoms with van der Waals surface area (Å²) in [5.74, 6) is -3.18. The van der Waals surface area contributed by atoms with Crippen molar-refractivity contribution in [3.8, 4) is 11.9 Å². The van der Waals surface area contributed by atoms with Gasteiger partial charge in [0.1, 0.15) is 41.6 Å². The highest BCUT2D eigenvalue weighted by Crippen LogP contribution is 2.31. The van der Waals surface area contributed by atoms with Crippen molar-refractivity contribution < 1.29 is 42.7 Å². The Morgan fingerprint density at radius 1 is 1.20 bits per heavy atom. The zero-order valence-corrected chi connectivity index (χ0v) is 18.5. The summed E-state index contributed by atoms with van der Waals surface area (Å²) in [6.07, 6.45) is -0.237. The number of aliphatic hydroxyl groups is 1. The van der Waals surface area contributed by atoms with Gasteiger partial charge in [0, 0.05) is 6.08 Å². The van der Waals surface area contributed by atoms with Crippen molar-refractivity contribution in [1.29, 1.82) is 0 Å². The lowest BCUT2D eigenvalue weighted by Crippen LogP contribution is -2.34. The van der Waals surface area contributed by atoms with Crippen LogP contribution in [0.3, 0.4) is 0 Å². The number of fused-ring (bicyclic) bond motifs is 2. The molecule has 2 saturated heterocycles. The largest absolute Gasteiger partial charge is 0.478 e. The minimum Gasteiger partial charge on any atom is -0.478 e. The van der Waals surface area contributed by atoms with Gasteiger partial charge in [-0.2, -0.15) is 9.97 Å². The number of hydrogen-bond donors (Lipinski definition) is 3. The first-order chi connectivity index (χ1) is 16.8. The predicted molar refractivity (Wildman–Crippen MR) is 116 cm³/mol. The lowest BCUT2D eigenvalue weighted by atomic mass is 10.1. The summed E-state index contributed by atoms with van der Waals surface area (Å²) in [7, 11) is 0. The molecule has 5 rings (SSSR count). The molecule has 0 bridgehead atoms. The number of carboxylic acid groups (broad SMARTS) is 1. The van der Waals surface area contributed by atoms with E-state index in [9.17, 15) is 18.7 Å². The molecule has 0 spiro atoms. The van der Waals surface area contributed by atoms with Crippen LogP contribution in [0.2, 0.25) is 5.02 Å². The van der Waals surface area contributed by atoms with E-state index in [4.69, 9.17) is 35.7 Å². The molecule has 13 heteroatoms. The summed E-state index contributed by atoms with van der Waals surface area (Å²) in [4.78, 5) is 21.9. The summed E-state index contributed by atoms with van der Waals surface area (Å²) in [5, 5.41) is 18.6. The molecule has 3 aromatic rings. The van der Waals surface area contributed by atoms with Crippen molar-refractivity contribution in [2.45, 2.75) is 31.0 Å². The lowest BCUT2D eigenvalue weighted by molar-refractivity contribution is -0.131. The predicted octanol–water partition coefficient (Wildman–Crippen LogP) is 2.47. The molecule has 0 amide bonds. The lowest BCUT2D eigenvalue weighted by Gasteiger charge is -2.15. The average molecular weight is 510 g/mol. The van der Waals surface area contributed by atoms with Crippen molar-refractivity contribution in [1.82, 2.24) is 15.0 Å². The van der Waals surface area contributed by atoms with Crippen molar-refractivity contribution in [3.63, 3.8) is 0 Å². The van der Waals surface area contributed by atoms with E-state index in [1.54, 1.807) is 0 Å². The van der Waals surface area contributed by atoms with Crippen molar-refractivity contribution in [2.24, 2.45) is 0 Å². The Bertz CT molecular complexity index is 1290. The van der Waals surface area contributed by atoms with Crippen molar-refractivity contribution in [2.75, 3.05) is 13.2 Å². The van der Waals surface area contributed by atoms with E-state index in [0.717, 1.165) is 24.3 Å². The molecule has 3 N–H and O–H groups in total. The van der Waals surface area contributed by atoms with E-state index >= 15 is 0 Å². The molecule has 0 saturated carbocycles. The Morgan fingerprint density at radius 3 is 2.69 bits per heavy atom. The quantitative estimate of drug-likeness (QED) is 0.410. The molecule has 2 aromatic heterocycles. The summed E-state index contributed by atoms with van der Waals surface area (Å²) in [6, 6.07) is 3.58. The second-order valence-electron chi connectivity index (χ2n) is 7.93. The molecule has 2 aliphatic heterocycles. The summed E-state index contributed by atoms with van der Waals surface area (Å²) >= 11 is 6.22. The van der Waals surface area contributed by atoms with Crippen molar-refractivity contribution >= 4 is 34.8 Å². The van der Waals surface area contributed by atoms with Crippen LogP contribution in [0, 0.1) is 11.6 Å². The first kappa shape index (κ1) is 23.4. The summed E-state index contributed by atoms with van der Waals surface area (Å²) in [6.45, 7) is -0.140. The molecule has 0 radical (unpaired) electrons. The van der Waals surface area contributed by atoms with E-state index in [1.807, 2.05) is 0 Å². The molecule has 4 heterocycles. The second kappa shape index (κ2) is 9.38. The molecule has 35 heavy (non-hydrogen) atoms. The number of benzene rings is 1. The van der Waals surface area contributed by atoms with Crippen LogP contribution in [0.25, 0.3) is 17.2 Å². The van der Waals surface area contributed by atoms with Crippen molar-refractivity contribution in [3.05, 3.63) is 52.1 Å². The van der Waals surface area contributed by atoms with Gasteiger partial charge in [0.2, 0.25) is 5.88 Å².